The number of ether oxygens (including phenoxy) is 1. The zero-order valence-electron chi connectivity index (χ0n) is 10.3. The van der Waals surface area contributed by atoms with Gasteiger partial charge < -0.3 is 4.74 Å². The first-order valence-electron chi connectivity index (χ1n) is 5.86. The molecule has 0 aliphatic rings. The van der Waals surface area contributed by atoms with Crippen molar-refractivity contribution in [2.75, 3.05) is 6.61 Å². The lowest BCUT2D eigenvalue weighted by Crippen LogP contribution is -2.38. The van der Waals surface area contributed by atoms with E-state index in [-0.39, 0.29) is 12.1 Å². The van der Waals surface area contributed by atoms with Crippen LogP contribution < -0.4 is 11.3 Å². The van der Waals surface area contributed by atoms with E-state index in [0.717, 1.165) is 19.4 Å². The molecule has 4 heteroatoms. The van der Waals surface area contributed by atoms with Crippen molar-refractivity contribution in [1.29, 1.82) is 0 Å². The molecule has 3 nitrogen and oxygen atoms in total. The Balaban J connectivity index is 2.81. The summed E-state index contributed by atoms with van der Waals surface area (Å²) in [6, 6.07) is 2.23. The topological polar surface area (TPSA) is 47.3 Å². The Morgan fingerprint density at radius 1 is 1.50 bits per heavy atom. The van der Waals surface area contributed by atoms with Crippen molar-refractivity contribution in [2.45, 2.75) is 45.8 Å². The van der Waals surface area contributed by atoms with Gasteiger partial charge in [-0.25, -0.2) is 0 Å². The molecule has 0 amide bonds. The predicted molar refractivity (Wildman–Crippen MR) is 69.4 cm³/mol. The number of nitrogens with two attached hydrogens (primary N) is 1. The van der Waals surface area contributed by atoms with E-state index in [0.29, 0.717) is 0 Å². The maximum absolute atomic E-state index is 5.78. The normalized spacial score (nSPS) is 15.0. The Labute approximate surface area is 102 Å². The lowest BCUT2D eigenvalue weighted by atomic mass is 9.99. The average molecular weight is 242 g/mol. The number of nitrogens with one attached hydrogen (secondary N) is 1. The molecule has 1 rings (SSSR count). The summed E-state index contributed by atoms with van der Waals surface area (Å²) in [7, 11) is 0. The van der Waals surface area contributed by atoms with Gasteiger partial charge in [0.25, 0.3) is 0 Å². The monoisotopic (exact) mass is 242 g/mol. The Hall–Kier alpha value is -0.420. The summed E-state index contributed by atoms with van der Waals surface area (Å²) in [6.45, 7) is 7.04. The molecule has 3 N–H and O–H groups in total. The van der Waals surface area contributed by atoms with Crippen molar-refractivity contribution in [3.8, 4) is 0 Å². The van der Waals surface area contributed by atoms with Crippen LogP contribution in [0.25, 0.3) is 0 Å². The van der Waals surface area contributed by atoms with Gasteiger partial charge in [0.2, 0.25) is 0 Å². The van der Waals surface area contributed by atoms with Crippen molar-refractivity contribution < 1.29 is 4.74 Å². The Kier molecular flexibility index (Phi) is 5.98. The van der Waals surface area contributed by atoms with Crippen LogP contribution in [-0.4, -0.2) is 12.7 Å². The zero-order valence-corrected chi connectivity index (χ0v) is 11.1. The van der Waals surface area contributed by atoms with Crippen LogP contribution in [0.4, 0.5) is 0 Å². The third-order valence-electron chi connectivity index (χ3n) is 2.74. The van der Waals surface area contributed by atoms with Gasteiger partial charge in [-0.2, -0.15) is 0 Å². The van der Waals surface area contributed by atoms with Gasteiger partial charge in [-0.1, -0.05) is 13.3 Å². The number of hydrogen-bond donors (Lipinski definition) is 2. The third-order valence-corrected chi connectivity index (χ3v) is 3.60. The van der Waals surface area contributed by atoms with Gasteiger partial charge in [-0.15, -0.1) is 11.3 Å². The molecule has 16 heavy (non-hydrogen) atoms. The summed E-state index contributed by atoms with van der Waals surface area (Å²) < 4.78 is 5.78. The Morgan fingerprint density at radius 2 is 2.25 bits per heavy atom. The molecule has 2 unspecified atom stereocenters. The van der Waals surface area contributed by atoms with Gasteiger partial charge in [0.15, 0.2) is 0 Å². The lowest BCUT2D eigenvalue weighted by Gasteiger charge is -2.26. The minimum absolute atomic E-state index is 0.103. The highest BCUT2D eigenvalue weighted by atomic mass is 32.1. The van der Waals surface area contributed by atoms with E-state index in [4.69, 9.17) is 10.6 Å². The summed E-state index contributed by atoms with van der Waals surface area (Å²) in [4.78, 5) is 1.31. The highest BCUT2D eigenvalue weighted by molar-refractivity contribution is 7.10. The van der Waals surface area contributed by atoms with Gasteiger partial charge in [0, 0.05) is 11.5 Å². The highest BCUT2D eigenvalue weighted by Gasteiger charge is 2.23. The van der Waals surface area contributed by atoms with Crippen molar-refractivity contribution in [3.05, 3.63) is 21.9 Å². The fourth-order valence-corrected chi connectivity index (χ4v) is 2.71. The third kappa shape index (κ3) is 3.28. The van der Waals surface area contributed by atoms with Crippen molar-refractivity contribution in [2.24, 2.45) is 5.84 Å². The second kappa shape index (κ2) is 7.01. The number of rotatable bonds is 7. The molecule has 1 aromatic rings. The molecule has 0 aromatic carbocycles. The molecule has 0 fully saturated rings. The summed E-state index contributed by atoms with van der Waals surface area (Å²) in [6.07, 6.45) is 2.29. The van der Waals surface area contributed by atoms with E-state index < -0.39 is 0 Å². The van der Waals surface area contributed by atoms with Gasteiger partial charge in [0.1, 0.15) is 0 Å². The van der Waals surface area contributed by atoms with E-state index in [9.17, 15) is 0 Å². The number of thiophene rings is 1. The maximum Gasteiger partial charge on any atom is 0.0782 e. The minimum atomic E-state index is 0.103. The predicted octanol–water partition coefficient (Wildman–Crippen LogP) is 2.77. The first-order chi connectivity index (χ1) is 7.74. The summed E-state index contributed by atoms with van der Waals surface area (Å²) in [5.74, 6) is 5.67. The molecule has 1 heterocycles. The molecule has 0 saturated heterocycles. The molecule has 92 valence electrons. The largest absolute Gasteiger partial charge is 0.376 e. The van der Waals surface area contributed by atoms with Crippen LogP contribution in [0, 0.1) is 6.92 Å². The summed E-state index contributed by atoms with van der Waals surface area (Å²) in [5.41, 5.74) is 4.16. The van der Waals surface area contributed by atoms with Gasteiger partial charge in [-0.05, 0) is 37.3 Å². The van der Waals surface area contributed by atoms with Crippen molar-refractivity contribution in [3.63, 3.8) is 0 Å². The fraction of sp³-hybridized carbons (Fsp3) is 0.667. The number of aryl methyl sites for hydroxylation is 1. The van der Waals surface area contributed by atoms with Gasteiger partial charge in [0.05, 0.1) is 12.1 Å². The Bertz CT molecular complexity index is 295. The quantitative estimate of drug-likeness (QED) is 0.571. The molecular weight excluding hydrogens is 220 g/mol. The standard InChI is InChI=1S/C12H22N2OS/c1-4-6-11(15-5-2)12(14-13)10-7-8-16-9(10)3/h7-8,11-12,14H,4-6,13H2,1-3H3. The minimum Gasteiger partial charge on any atom is -0.376 e. The summed E-state index contributed by atoms with van der Waals surface area (Å²) >= 11 is 1.75. The molecule has 0 bridgehead atoms. The van der Waals surface area contributed by atoms with E-state index in [2.05, 4.69) is 30.7 Å². The Morgan fingerprint density at radius 3 is 2.69 bits per heavy atom. The zero-order chi connectivity index (χ0) is 12.0. The molecule has 0 aliphatic carbocycles. The molecule has 2 atom stereocenters. The van der Waals surface area contributed by atoms with E-state index in [1.165, 1.54) is 10.4 Å². The summed E-state index contributed by atoms with van der Waals surface area (Å²) in [5, 5.41) is 2.10. The SMILES string of the molecule is CCCC(OCC)C(NN)c1ccsc1C. The van der Waals surface area contributed by atoms with E-state index in [1.54, 1.807) is 11.3 Å². The maximum atomic E-state index is 5.78. The second-order valence-electron chi connectivity index (χ2n) is 3.86. The first-order valence-corrected chi connectivity index (χ1v) is 6.74. The average Bonchev–Trinajstić information content (AvgIpc) is 2.67. The molecule has 0 saturated carbocycles. The molecule has 0 aliphatic heterocycles. The molecule has 0 spiro atoms. The first kappa shape index (κ1) is 13.6. The number of hydrogen-bond acceptors (Lipinski definition) is 4. The van der Waals surface area contributed by atoms with Crippen LogP contribution in [0.5, 0.6) is 0 Å². The van der Waals surface area contributed by atoms with E-state index >= 15 is 0 Å². The van der Waals surface area contributed by atoms with E-state index in [1.807, 2.05) is 6.92 Å². The van der Waals surface area contributed by atoms with Crippen LogP contribution in [0.1, 0.15) is 43.2 Å². The smallest absolute Gasteiger partial charge is 0.0782 e. The second-order valence-corrected chi connectivity index (χ2v) is 4.98. The molecule has 0 radical (unpaired) electrons. The van der Waals surface area contributed by atoms with Crippen LogP contribution in [0.2, 0.25) is 0 Å². The highest BCUT2D eigenvalue weighted by Crippen LogP contribution is 2.27. The lowest BCUT2D eigenvalue weighted by molar-refractivity contribution is 0.0275. The van der Waals surface area contributed by atoms with Crippen LogP contribution in [0.15, 0.2) is 11.4 Å². The fourth-order valence-electron chi connectivity index (χ4n) is 1.96. The van der Waals surface area contributed by atoms with Crippen molar-refractivity contribution in [1.82, 2.24) is 5.43 Å². The van der Waals surface area contributed by atoms with Gasteiger partial charge >= 0.3 is 0 Å². The van der Waals surface area contributed by atoms with Crippen LogP contribution >= 0.6 is 11.3 Å². The van der Waals surface area contributed by atoms with Gasteiger partial charge in [-0.3, -0.25) is 11.3 Å². The number of hydrazine groups is 1. The molecule has 1 aromatic heterocycles. The van der Waals surface area contributed by atoms with Crippen LogP contribution in [0.3, 0.4) is 0 Å². The van der Waals surface area contributed by atoms with Crippen LogP contribution in [-0.2, 0) is 4.74 Å². The van der Waals surface area contributed by atoms with Crippen molar-refractivity contribution >= 4 is 11.3 Å². The molecular formula is C12H22N2OS.